The molecule has 162 valence electrons. The van der Waals surface area contributed by atoms with Crippen LogP contribution in [0.2, 0.25) is 0 Å². The summed E-state index contributed by atoms with van der Waals surface area (Å²) >= 11 is 0. The first kappa shape index (κ1) is 20.8. The molecule has 1 saturated heterocycles. The predicted molar refractivity (Wildman–Crippen MR) is 117 cm³/mol. The lowest BCUT2D eigenvalue weighted by atomic mass is 9.92. The Hall–Kier alpha value is -2.48. The lowest BCUT2D eigenvalue weighted by Crippen LogP contribution is -2.51. The minimum absolute atomic E-state index is 0.456. The lowest BCUT2D eigenvalue weighted by Gasteiger charge is -2.39. The van der Waals surface area contributed by atoms with Gasteiger partial charge in [0.05, 0.1) is 0 Å². The van der Waals surface area contributed by atoms with Crippen molar-refractivity contribution in [2.45, 2.75) is 63.5 Å². The van der Waals surface area contributed by atoms with Crippen LogP contribution in [0.15, 0.2) is 33.9 Å². The maximum atomic E-state index is 5.31. The number of aliphatic imine (C=N–C) groups is 1. The fourth-order valence-corrected chi connectivity index (χ4v) is 4.48. The van der Waals surface area contributed by atoms with Crippen molar-refractivity contribution in [1.82, 2.24) is 30.7 Å². The van der Waals surface area contributed by atoms with Gasteiger partial charge in [-0.3, -0.25) is 9.98 Å². The molecule has 2 N–H and O–H groups in total. The van der Waals surface area contributed by atoms with Crippen molar-refractivity contribution in [3.05, 3.63) is 30.2 Å². The van der Waals surface area contributed by atoms with E-state index in [1.807, 2.05) is 25.2 Å². The summed E-state index contributed by atoms with van der Waals surface area (Å²) in [6, 6.07) is 6.94. The molecule has 1 saturated carbocycles. The van der Waals surface area contributed by atoms with Crippen molar-refractivity contribution < 1.29 is 4.52 Å². The number of aromatic nitrogens is 3. The van der Waals surface area contributed by atoms with Crippen molar-refractivity contribution >= 4 is 5.96 Å². The zero-order chi connectivity index (χ0) is 20.6. The van der Waals surface area contributed by atoms with Gasteiger partial charge in [-0.15, -0.1) is 0 Å². The number of piperidine rings is 1. The summed E-state index contributed by atoms with van der Waals surface area (Å²) in [6.07, 6.45) is 11.7. The molecule has 0 aromatic carbocycles. The van der Waals surface area contributed by atoms with E-state index in [4.69, 9.17) is 4.52 Å². The van der Waals surface area contributed by atoms with Gasteiger partial charge in [0.25, 0.3) is 5.89 Å². The minimum atomic E-state index is 0.456. The average molecular weight is 412 g/mol. The van der Waals surface area contributed by atoms with E-state index in [1.165, 1.54) is 58.0 Å². The van der Waals surface area contributed by atoms with Crippen LogP contribution >= 0.6 is 0 Å². The molecular formula is C22H33N7O. The molecule has 2 aliphatic rings. The van der Waals surface area contributed by atoms with Gasteiger partial charge in [-0.25, -0.2) is 0 Å². The number of hydrogen-bond acceptors (Lipinski definition) is 6. The summed E-state index contributed by atoms with van der Waals surface area (Å²) in [7, 11) is 1.82. The fraction of sp³-hybridized carbons (Fsp3) is 0.636. The van der Waals surface area contributed by atoms with Crippen molar-refractivity contribution in [2.24, 2.45) is 4.99 Å². The number of pyridine rings is 1. The molecule has 0 amide bonds. The molecule has 3 heterocycles. The van der Waals surface area contributed by atoms with Crippen LogP contribution in [0.5, 0.6) is 0 Å². The maximum Gasteiger partial charge on any atom is 0.276 e. The van der Waals surface area contributed by atoms with Gasteiger partial charge in [0.15, 0.2) is 11.8 Å². The van der Waals surface area contributed by atoms with Gasteiger partial charge in [0, 0.05) is 51.4 Å². The standard InChI is InChI=1S/C22H33N7O/c1-23-22(26-17-11-15-29(16-12-17)18-7-3-2-4-8-18)25-14-10-20-27-21(30-28-20)19-9-5-6-13-24-19/h5-6,9,13,17-18H,2-4,7-8,10-12,14-16H2,1H3,(H2,23,25,26). The smallest absolute Gasteiger partial charge is 0.276 e. The third kappa shape index (κ3) is 5.56. The van der Waals surface area contributed by atoms with Crippen LogP contribution in [0.3, 0.4) is 0 Å². The van der Waals surface area contributed by atoms with Gasteiger partial charge < -0.3 is 20.1 Å². The quantitative estimate of drug-likeness (QED) is 0.558. The first-order valence-electron chi connectivity index (χ1n) is 11.3. The molecule has 0 unspecified atom stereocenters. The average Bonchev–Trinajstić information content (AvgIpc) is 3.29. The first-order chi connectivity index (χ1) is 14.8. The van der Waals surface area contributed by atoms with Crippen LogP contribution in [-0.4, -0.2) is 64.7 Å². The number of nitrogens with zero attached hydrogens (tertiary/aromatic N) is 5. The Bertz CT molecular complexity index is 793. The summed E-state index contributed by atoms with van der Waals surface area (Å²) in [4.78, 5) is 15.8. The molecule has 2 fully saturated rings. The molecule has 0 spiro atoms. The summed E-state index contributed by atoms with van der Waals surface area (Å²) in [5.74, 6) is 1.97. The molecule has 0 atom stereocenters. The summed E-state index contributed by atoms with van der Waals surface area (Å²) in [5.41, 5.74) is 0.696. The van der Waals surface area contributed by atoms with Crippen LogP contribution in [0.1, 0.15) is 50.8 Å². The summed E-state index contributed by atoms with van der Waals surface area (Å²) in [6.45, 7) is 3.08. The molecule has 1 aliphatic carbocycles. The highest BCUT2D eigenvalue weighted by Crippen LogP contribution is 2.25. The molecule has 2 aromatic rings. The van der Waals surface area contributed by atoms with Crippen molar-refractivity contribution in [1.29, 1.82) is 0 Å². The van der Waals surface area contributed by atoms with Crippen LogP contribution in [0, 0.1) is 0 Å². The highest BCUT2D eigenvalue weighted by molar-refractivity contribution is 5.79. The van der Waals surface area contributed by atoms with E-state index in [0.717, 1.165) is 12.0 Å². The van der Waals surface area contributed by atoms with E-state index in [1.54, 1.807) is 6.20 Å². The predicted octanol–water partition coefficient (Wildman–Crippen LogP) is 2.64. The second-order valence-electron chi connectivity index (χ2n) is 8.23. The first-order valence-corrected chi connectivity index (χ1v) is 11.3. The Morgan fingerprint density at radius 1 is 1.17 bits per heavy atom. The minimum Gasteiger partial charge on any atom is -0.356 e. The van der Waals surface area contributed by atoms with Crippen LogP contribution in [0.25, 0.3) is 11.6 Å². The summed E-state index contributed by atoms with van der Waals surface area (Å²) in [5, 5.41) is 11.0. The van der Waals surface area contributed by atoms with Gasteiger partial charge in [-0.05, 0) is 37.8 Å². The highest BCUT2D eigenvalue weighted by Gasteiger charge is 2.26. The van der Waals surface area contributed by atoms with E-state index in [0.29, 0.717) is 36.4 Å². The van der Waals surface area contributed by atoms with Gasteiger partial charge in [0.1, 0.15) is 5.69 Å². The molecular weight excluding hydrogens is 378 g/mol. The topological polar surface area (TPSA) is 91.5 Å². The zero-order valence-electron chi connectivity index (χ0n) is 17.9. The van der Waals surface area contributed by atoms with E-state index >= 15 is 0 Å². The Labute approximate surface area is 178 Å². The van der Waals surface area contributed by atoms with Gasteiger partial charge in [-0.1, -0.05) is 30.5 Å². The molecule has 2 aromatic heterocycles. The number of hydrogen-bond donors (Lipinski definition) is 2. The van der Waals surface area contributed by atoms with Crippen molar-refractivity contribution in [3.8, 4) is 11.6 Å². The molecule has 4 rings (SSSR count). The second kappa shape index (κ2) is 10.5. The number of guanidine groups is 1. The lowest BCUT2D eigenvalue weighted by molar-refractivity contribution is 0.119. The number of likely N-dealkylation sites (tertiary alicyclic amines) is 1. The van der Waals surface area contributed by atoms with Gasteiger partial charge in [0.2, 0.25) is 0 Å². The van der Waals surface area contributed by atoms with Crippen molar-refractivity contribution in [2.75, 3.05) is 26.7 Å². The zero-order valence-corrected chi connectivity index (χ0v) is 17.9. The van der Waals surface area contributed by atoms with Crippen LogP contribution < -0.4 is 10.6 Å². The largest absolute Gasteiger partial charge is 0.356 e. The van der Waals surface area contributed by atoms with E-state index in [2.05, 4.69) is 35.7 Å². The van der Waals surface area contributed by atoms with E-state index < -0.39 is 0 Å². The highest BCUT2D eigenvalue weighted by atomic mass is 16.5. The molecule has 0 bridgehead atoms. The molecule has 30 heavy (non-hydrogen) atoms. The Balaban J connectivity index is 1.18. The molecule has 8 nitrogen and oxygen atoms in total. The van der Waals surface area contributed by atoms with E-state index in [9.17, 15) is 0 Å². The fourth-order valence-electron chi connectivity index (χ4n) is 4.48. The third-order valence-electron chi connectivity index (χ3n) is 6.18. The Morgan fingerprint density at radius 2 is 2.00 bits per heavy atom. The summed E-state index contributed by atoms with van der Waals surface area (Å²) < 4.78 is 5.31. The SMILES string of the molecule is CN=C(NCCc1noc(-c2ccccn2)n1)NC1CCN(C2CCCCC2)CC1. The monoisotopic (exact) mass is 411 g/mol. The third-order valence-corrected chi connectivity index (χ3v) is 6.18. The van der Waals surface area contributed by atoms with Crippen LogP contribution in [-0.2, 0) is 6.42 Å². The van der Waals surface area contributed by atoms with Crippen molar-refractivity contribution in [3.63, 3.8) is 0 Å². The molecule has 8 heteroatoms. The Kier molecular flexibility index (Phi) is 7.29. The van der Waals surface area contributed by atoms with E-state index in [-0.39, 0.29) is 0 Å². The van der Waals surface area contributed by atoms with Gasteiger partial charge >= 0.3 is 0 Å². The number of nitrogens with one attached hydrogen (secondary N) is 2. The maximum absolute atomic E-state index is 5.31. The second-order valence-corrected chi connectivity index (χ2v) is 8.23. The normalized spacial score (nSPS) is 19.7. The molecule has 1 aliphatic heterocycles. The van der Waals surface area contributed by atoms with Gasteiger partial charge in [-0.2, -0.15) is 4.98 Å². The molecule has 0 radical (unpaired) electrons. The number of rotatable bonds is 6. The Morgan fingerprint density at radius 3 is 2.73 bits per heavy atom. The van der Waals surface area contributed by atoms with Crippen LogP contribution in [0.4, 0.5) is 0 Å².